The highest BCUT2D eigenvalue weighted by molar-refractivity contribution is 7.22. The Balaban J connectivity index is 1.56. The van der Waals surface area contributed by atoms with Gasteiger partial charge in [-0.3, -0.25) is 9.69 Å². The first-order valence-electron chi connectivity index (χ1n) is 11.4. The Morgan fingerprint density at radius 2 is 1.74 bits per heavy atom. The van der Waals surface area contributed by atoms with Crippen LogP contribution in [0.3, 0.4) is 0 Å². The molecule has 1 aliphatic rings. The Hall–Kier alpha value is -3.36. The van der Waals surface area contributed by atoms with Gasteiger partial charge in [-0.2, -0.15) is 0 Å². The van der Waals surface area contributed by atoms with Gasteiger partial charge in [0.05, 0.1) is 22.9 Å². The topological polar surface area (TPSA) is 64.1 Å². The SMILES string of the molecule is CCN(CC)CCN(C(=O)c1cc2ccccc2cc1OC)c1nc2cc3c(cc2s1)OCO3. The zero-order chi connectivity index (χ0) is 23.7. The normalized spacial score (nSPS) is 12.6. The summed E-state index contributed by atoms with van der Waals surface area (Å²) in [7, 11) is 1.60. The minimum atomic E-state index is -0.131. The van der Waals surface area contributed by atoms with Crippen LogP contribution in [0.4, 0.5) is 5.13 Å². The molecule has 1 amide bonds. The Morgan fingerprint density at radius 3 is 2.44 bits per heavy atom. The first-order chi connectivity index (χ1) is 16.6. The van der Waals surface area contributed by atoms with E-state index in [0.29, 0.717) is 34.5 Å². The van der Waals surface area contributed by atoms with Crippen LogP contribution in [-0.4, -0.2) is 55.9 Å². The number of anilines is 1. The number of carbonyl (C=O) groups excluding carboxylic acids is 1. The molecule has 0 bridgehead atoms. The average Bonchev–Trinajstić information content (AvgIpc) is 3.49. The Bertz CT molecular complexity index is 1310. The molecule has 0 N–H and O–H groups in total. The van der Waals surface area contributed by atoms with Crippen LogP contribution in [0.2, 0.25) is 0 Å². The predicted octanol–water partition coefficient (Wildman–Crippen LogP) is 5.18. The van der Waals surface area contributed by atoms with E-state index in [2.05, 4.69) is 18.7 Å². The van der Waals surface area contributed by atoms with E-state index in [1.54, 1.807) is 12.0 Å². The van der Waals surface area contributed by atoms with Crippen molar-refractivity contribution in [3.63, 3.8) is 0 Å². The zero-order valence-corrected chi connectivity index (χ0v) is 20.4. The van der Waals surface area contributed by atoms with Crippen molar-refractivity contribution in [3.8, 4) is 17.2 Å². The van der Waals surface area contributed by atoms with Crippen LogP contribution in [0.15, 0.2) is 48.5 Å². The summed E-state index contributed by atoms with van der Waals surface area (Å²) in [6.07, 6.45) is 0. The van der Waals surface area contributed by atoms with Gasteiger partial charge >= 0.3 is 0 Å². The lowest BCUT2D eigenvalue weighted by molar-refractivity contribution is 0.0981. The molecule has 0 radical (unpaired) electrons. The number of benzene rings is 3. The number of ether oxygens (including phenoxy) is 3. The molecule has 0 unspecified atom stereocenters. The van der Waals surface area contributed by atoms with Gasteiger partial charge in [-0.15, -0.1) is 0 Å². The summed E-state index contributed by atoms with van der Waals surface area (Å²) in [6.45, 7) is 7.56. The summed E-state index contributed by atoms with van der Waals surface area (Å²) in [5, 5.41) is 2.66. The van der Waals surface area contributed by atoms with E-state index in [-0.39, 0.29) is 12.7 Å². The number of hydrogen-bond acceptors (Lipinski definition) is 7. The fourth-order valence-electron chi connectivity index (χ4n) is 4.19. The molecule has 2 heterocycles. The first-order valence-corrected chi connectivity index (χ1v) is 12.2. The largest absolute Gasteiger partial charge is 0.496 e. The van der Waals surface area contributed by atoms with Crippen LogP contribution in [0.1, 0.15) is 24.2 Å². The summed E-state index contributed by atoms with van der Waals surface area (Å²) in [4.78, 5) is 22.9. The number of thiazole rings is 1. The molecule has 0 saturated heterocycles. The van der Waals surface area contributed by atoms with Gasteiger partial charge in [0.25, 0.3) is 5.91 Å². The van der Waals surface area contributed by atoms with Gasteiger partial charge in [0.1, 0.15) is 5.75 Å². The lowest BCUT2D eigenvalue weighted by Crippen LogP contribution is -2.39. The number of aromatic nitrogens is 1. The van der Waals surface area contributed by atoms with E-state index in [9.17, 15) is 4.79 Å². The average molecular weight is 478 g/mol. The van der Waals surface area contributed by atoms with E-state index in [0.717, 1.165) is 40.6 Å². The third kappa shape index (κ3) is 4.15. The zero-order valence-electron chi connectivity index (χ0n) is 19.5. The molecular weight excluding hydrogens is 450 g/mol. The van der Waals surface area contributed by atoms with E-state index in [1.165, 1.54) is 11.3 Å². The number of fused-ring (bicyclic) bond motifs is 3. The number of likely N-dealkylation sites (N-methyl/N-ethyl adjacent to an activating group) is 1. The van der Waals surface area contributed by atoms with Crippen molar-refractivity contribution in [2.75, 3.05) is 45.0 Å². The third-order valence-corrected chi connectivity index (χ3v) is 7.22. The predicted molar refractivity (Wildman–Crippen MR) is 136 cm³/mol. The Kier molecular flexibility index (Phi) is 6.26. The van der Waals surface area contributed by atoms with Gasteiger partial charge in [-0.1, -0.05) is 49.4 Å². The molecule has 7 nitrogen and oxygen atoms in total. The quantitative estimate of drug-likeness (QED) is 0.349. The van der Waals surface area contributed by atoms with E-state index >= 15 is 0 Å². The number of carbonyl (C=O) groups is 1. The van der Waals surface area contributed by atoms with Gasteiger partial charge in [-0.05, 0) is 36.0 Å². The summed E-state index contributed by atoms with van der Waals surface area (Å²) < 4.78 is 17.6. The van der Waals surface area contributed by atoms with Crippen molar-refractivity contribution in [1.29, 1.82) is 0 Å². The number of rotatable bonds is 8. The molecule has 4 aromatic rings. The molecule has 3 aromatic carbocycles. The second kappa shape index (κ2) is 9.48. The lowest BCUT2D eigenvalue weighted by Gasteiger charge is -2.25. The van der Waals surface area contributed by atoms with Crippen molar-refractivity contribution < 1.29 is 19.0 Å². The van der Waals surface area contributed by atoms with Crippen LogP contribution in [0, 0.1) is 0 Å². The van der Waals surface area contributed by atoms with Crippen LogP contribution in [0.25, 0.3) is 21.0 Å². The van der Waals surface area contributed by atoms with Crippen LogP contribution in [0.5, 0.6) is 17.2 Å². The molecule has 8 heteroatoms. The lowest BCUT2D eigenvalue weighted by atomic mass is 10.0. The number of nitrogens with zero attached hydrogens (tertiary/aromatic N) is 3. The summed E-state index contributed by atoms with van der Waals surface area (Å²) in [5.41, 5.74) is 1.31. The van der Waals surface area contributed by atoms with Crippen molar-refractivity contribution in [2.24, 2.45) is 0 Å². The van der Waals surface area contributed by atoms with E-state index in [4.69, 9.17) is 19.2 Å². The summed E-state index contributed by atoms with van der Waals surface area (Å²) >= 11 is 1.48. The molecule has 0 spiro atoms. The minimum Gasteiger partial charge on any atom is -0.496 e. The summed E-state index contributed by atoms with van der Waals surface area (Å²) in [6, 6.07) is 15.6. The van der Waals surface area contributed by atoms with Crippen molar-refractivity contribution in [2.45, 2.75) is 13.8 Å². The molecular formula is C26H27N3O4S. The van der Waals surface area contributed by atoms with Crippen molar-refractivity contribution in [1.82, 2.24) is 9.88 Å². The van der Waals surface area contributed by atoms with Gasteiger partial charge < -0.3 is 19.1 Å². The van der Waals surface area contributed by atoms with Gasteiger partial charge in [0, 0.05) is 25.2 Å². The van der Waals surface area contributed by atoms with Gasteiger partial charge in [0.2, 0.25) is 6.79 Å². The molecule has 0 aliphatic carbocycles. The maximum absolute atomic E-state index is 14.0. The maximum atomic E-state index is 14.0. The van der Waals surface area contributed by atoms with Crippen LogP contribution in [-0.2, 0) is 0 Å². The molecule has 176 valence electrons. The second-order valence-corrected chi connectivity index (χ2v) is 9.06. The molecule has 0 saturated carbocycles. The molecule has 34 heavy (non-hydrogen) atoms. The highest BCUT2D eigenvalue weighted by Crippen LogP contribution is 2.40. The number of hydrogen-bond donors (Lipinski definition) is 0. The fourth-order valence-corrected chi connectivity index (χ4v) is 5.19. The number of methoxy groups -OCH3 is 1. The molecule has 0 atom stereocenters. The number of amides is 1. The first kappa shape index (κ1) is 22.4. The monoisotopic (exact) mass is 477 g/mol. The maximum Gasteiger partial charge on any atom is 0.263 e. The Morgan fingerprint density at radius 1 is 1.03 bits per heavy atom. The fraction of sp³-hybridized carbons (Fsp3) is 0.308. The van der Waals surface area contributed by atoms with E-state index in [1.807, 2.05) is 48.5 Å². The van der Waals surface area contributed by atoms with Crippen LogP contribution < -0.4 is 19.1 Å². The molecule has 5 rings (SSSR count). The minimum absolute atomic E-state index is 0.131. The molecule has 1 aromatic heterocycles. The smallest absolute Gasteiger partial charge is 0.263 e. The van der Waals surface area contributed by atoms with Crippen molar-refractivity contribution in [3.05, 3.63) is 54.1 Å². The van der Waals surface area contributed by atoms with Gasteiger partial charge in [-0.25, -0.2) is 4.98 Å². The van der Waals surface area contributed by atoms with Crippen LogP contribution >= 0.6 is 11.3 Å². The van der Waals surface area contributed by atoms with E-state index < -0.39 is 0 Å². The molecule has 1 aliphatic heterocycles. The highest BCUT2D eigenvalue weighted by Gasteiger charge is 2.26. The summed E-state index contributed by atoms with van der Waals surface area (Å²) in [5.74, 6) is 1.81. The highest BCUT2D eigenvalue weighted by atomic mass is 32.1. The second-order valence-electron chi connectivity index (χ2n) is 8.05. The van der Waals surface area contributed by atoms with Crippen molar-refractivity contribution >= 4 is 43.4 Å². The third-order valence-electron chi connectivity index (χ3n) is 6.18. The standard InChI is InChI=1S/C26H27N3O4S/c1-4-28(5-2)10-11-29(26-27-20-14-22-23(33-16-32-22)15-24(20)34-26)25(30)19-12-17-8-6-7-9-18(17)13-21(19)31-3/h6-9,12-15H,4-5,10-11,16H2,1-3H3. The van der Waals surface area contributed by atoms with Gasteiger partial charge in [0.15, 0.2) is 16.6 Å². The molecule has 0 fully saturated rings. The Labute approximate surface area is 202 Å².